The smallest absolute Gasteiger partial charge is 0.326 e. The zero-order chi connectivity index (χ0) is 31.9. The summed E-state index contributed by atoms with van der Waals surface area (Å²) in [5, 5.41) is 43.0. The minimum absolute atomic E-state index is 0.0524. The van der Waals surface area contributed by atoms with Crippen molar-refractivity contribution in [2.75, 3.05) is 24.2 Å². The van der Waals surface area contributed by atoms with Crippen LogP contribution < -0.4 is 27.2 Å². The Morgan fingerprint density at radius 2 is 1.67 bits per heavy atom. The first kappa shape index (κ1) is 34.0. The molecule has 3 aromatic rings. The number of rotatable bonds is 15. The van der Waals surface area contributed by atoms with Crippen LogP contribution in [0.5, 0.6) is 0 Å². The highest BCUT2D eigenvalue weighted by Crippen LogP contribution is 2.12. The second-order valence-electron chi connectivity index (χ2n) is 9.07. The van der Waals surface area contributed by atoms with E-state index in [0.29, 0.717) is 17.9 Å². The number of aliphatic hydroxyl groups excluding tert-OH is 1. The molecule has 0 aliphatic rings. The van der Waals surface area contributed by atoms with E-state index in [1.165, 1.54) is 18.3 Å². The fourth-order valence-electron chi connectivity index (χ4n) is 3.52. The van der Waals surface area contributed by atoms with Crippen molar-refractivity contribution in [3.8, 4) is 0 Å². The molecule has 43 heavy (non-hydrogen) atoms. The Bertz CT molecular complexity index is 1460. The number of nitrogens with two attached hydrogens (primary N) is 1. The summed E-state index contributed by atoms with van der Waals surface area (Å²) < 4.78 is 0. The third-order valence-electron chi connectivity index (χ3n) is 5.71. The molecule has 0 bridgehead atoms. The molecule has 2 aromatic heterocycles. The van der Waals surface area contributed by atoms with E-state index in [1.807, 2.05) is 6.92 Å². The molecule has 3 rings (SSSR count). The lowest BCUT2D eigenvalue weighted by Crippen LogP contribution is -2.41. The summed E-state index contributed by atoms with van der Waals surface area (Å²) in [6.07, 6.45) is 2.01. The minimum Gasteiger partial charge on any atom is -0.481 e. The topological polar surface area (TPSA) is 283 Å². The summed E-state index contributed by atoms with van der Waals surface area (Å²) in [7, 11) is 0. The van der Waals surface area contributed by atoms with E-state index in [4.69, 9.17) is 26.2 Å². The molecule has 17 nitrogen and oxygen atoms in total. The molecule has 0 radical (unpaired) electrons. The van der Waals surface area contributed by atoms with Gasteiger partial charge in [-0.3, -0.25) is 24.2 Å². The summed E-state index contributed by atoms with van der Waals surface area (Å²) in [5.41, 5.74) is 6.47. The maximum Gasteiger partial charge on any atom is 0.326 e. The van der Waals surface area contributed by atoms with Gasteiger partial charge in [0.2, 0.25) is 5.95 Å². The van der Waals surface area contributed by atoms with Gasteiger partial charge in [0.1, 0.15) is 12.1 Å². The maximum atomic E-state index is 12.3. The van der Waals surface area contributed by atoms with Crippen LogP contribution in [0.15, 0.2) is 35.3 Å². The molecule has 1 amide bonds. The van der Waals surface area contributed by atoms with Crippen LogP contribution in [0.3, 0.4) is 0 Å². The van der Waals surface area contributed by atoms with E-state index in [0.717, 1.165) is 6.42 Å². The molecule has 0 fully saturated rings. The standard InChI is InChI=1S/C19H19N7O6.C7H15NO3/c20-19-25-15-14(17(30)26-19)23-11(8-22-15)7-21-10-3-1-9(2-4-10)16(29)24-12(18(31)32)5-6-13(27)28;1-2-4-8-6(3-5-9)7(10)11/h1-4,8,12,21H,5-7H2,(H,24,29)(H,27,28)(H,31,32)(H3,20,22,25,26,30);6,8-9H,2-5H2,1H3,(H,10,11)/t12-;6-/m00/s1. The lowest BCUT2D eigenvalue weighted by molar-refractivity contribution is -0.141. The number of nitrogen functional groups attached to an aromatic ring is 1. The molecule has 0 saturated carbocycles. The zero-order valence-corrected chi connectivity index (χ0v) is 23.2. The second kappa shape index (κ2) is 16.9. The second-order valence-corrected chi connectivity index (χ2v) is 9.07. The molecule has 2 heterocycles. The predicted octanol–water partition coefficient (Wildman–Crippen LogP) is -0.223. The lowest BCUT2D eigenvalue weighted by atomic mass is 10.1. The summed E-state index contributed by atoms with van der Waals surface area (Å²) in [6.45, 7) is 2.78. The number of nitrogens with zero attached hydrogens (tertiary/aromatic N) is 3. The van der Waals surface area contributed by atoms with Crippen LogP contribution >= 0.6 is 0 Å². The van der Waals surface area contributed by atoms with Crippen LogP contribution in [0, 0.1) is 0 Å². The van der Waals surface area contributed by atoms with Crippen molar-refractivity contribution in [3.63, 3.8) is 0 Å². The monoisotopic (exact) mass is 602 g/mol. The van der Waals surface area contributed by atoms with E-state index in [9.17, 15) is 24.0 Å². The number of anilines is 2. The van der Waals surface area contributed by atoms with Crippen molar-refractivity contribution in [3.05, 3.63) is 52.1 Å². The number of hydrogen-bond donors (Lipinski definition) is 9. The number of nitrogens with one attached hydrogen (secondary N) is 4. The van der Waals surface area contributed by atoms with Gasteiger partial charge in [0.15, 0.2) is 11.2 Å². The number of carbonyl (C=O) groups is 4. The van der Waals surface area contributed by atoms with Crippen molar-refractivity contribution in [2.45, 2.75) is 51.2 Å². The summed E-state index contributed by atoms with van der Waals surface area (Å²) >= 11 is 0. The number of aliphatic carboxylic acids is 3. The molecule has 0 unspecified atom stereocenters. The first-order valence-electron chi connectivity index (χ1n) is 13.1. The third-order valence-corrected chi connectivity index (χ3v) is 5.71. The van der Waals surface area contributed by atoms with Crippen LogP contribution in [0.25, 0.3) is 11.2 Å². The number of carboxylic acid groups (broad SMARTS) is 3. The number of carboxylic acids is 3. The number of hydrogen-bond acceptors (Lipinski definition) is 12. The Morgan fingerprint density at radius 1 is 1.00 bits per heavy atom. The highest BCUT2D eigenvalue weighted by atomic mass is 16.4. The molecule has 1 aromatic carbocycles. The summed E-state index contributed by atoms with van der Waals surface area (Å²) in [6, 6.07) is 4.27. The van der Waals surface area contributed by atoms with Crippen molar-refractivity contribution in [1.29, 1.82) is 0 Å². The number of aliphatic hydroxyl groups is 1. The van der Waals surface area contributed by atoms with Gasteiger partial charge in [0, 0.05) is 24.3 Å². The van der Waals surface area contributed by atoms with Crippen LogP contribution in [0.4, 0.5) is 11.6 Å². The lowest BCUT2D eigenvalue weighted by Gasteiger charge is -2.14. The molecule has 0 aliphatic carbocycles. The van der Waals surface area contributed by atoms with Crippen molar-refractivity contribution < 1.29 is 39.6 Å². The quantitative estimate of drug-likeness (QED) is 0.109. The van der Waals surface area contributed by atoms with Crippen LogP contribution in [0.2, 0.25) is 0 Å². The first-order valence-corrected chi connectivity index (χ1v) is 13.1. The largest absolute Gasteiger partial charge is 0.481 e. The normalized spacial score (nSPS) is 12.0. The van der Waals surface area contributed by atoms with Crippen molar-refractivity contribution in [2.24, 2.45) is 0 Å². The minimum atomic E-state index is -1.31. The number of carbonyl (C=O) groups excluding carboxylic acids is 1. The van der Waals surface area contributed by atoms with Gasteiger partial charge in [-0.25, -0.2) is 14.8 Å². The SMILES string of the molecule is CCCN[C@@H](CCO)C(=O)O.Nc1nc2ncc(CNc3ccc(C(=O)N[C@@H](CCC(=O)O)C(=O)O)cc3)nc2c(=O)[nH]1. The van der Waals surface area contributed by atoms with Gasteiger partial charge in [-0.1, -0.05) is 6.92 Å². The Balaban J connectivity index is 0.000000499. The van der Waals surface area contributed by atoms with E-state index in [-0.39, 0.29) is 55.1 Å². The van der Waals surface area contributed by atoms with E-state index in [1.54, 1.807) is 12.1 Å². The van der Waals surface area contributed by atoms with Crippen molar-refractivity contribution >= 4 is 46.6 Å². The number of benzene rings is 1. The number of aromatic nitrogens is 4. The van der Waals surface area contributed by atoms with Crippen molar-refractivity contribution in [1.82, 2.24) is 30.6 Å². The molecule has 0 spiro atoms. The molecule has 2 atom stereocenters. The maximum absolute atomic E-state index is 12.3. The predicted molar refractivity (Wildman–Crippen MR) is 153 cm³/mol. The molecule has 232 valence electrons. The van der Waals surface area contributed by atoms with E-state index < -0.39 is 41.5 Å². The number of aromatic amines is 1. The van der Waals surface area contributed by atoms with Crippen LogP contribution in [-0.4, -0.2) is 89.4 Å². The summed E-state index contributed by atoms with van der Waals surface area (Å²) in [4.78, 5) is 71.0. The van der Waals surface area contributed by atoms with Gasteiger partial charge in [-0.05, 0) is 50.1 Å². The van der Waals surface area contributed by atoms with Gasteiger partial charge >= 0.3 is 17.9 Å². The summed E-state index contributed by atoms with van der Waals surface area (Å²) in [5.74, 6) is -4.05. The Kier molecular flexibility index (Phi) is 13.4. The molecule has 17 heteroatoms. The molecule has 0 aliphatic heterocycles. The van der Waals surface area contributed by atoms with Gasteiger partial charge in [-0.2, -0.15) is 4.98 Å². The number of fused-ring (bicyclic) bond motifs is 1. The zero-order valence-electron chi connectivity index (χ0n) is 23.2. The fraction of sp³-hybridized carbons (Fsp3) is 0.385. The third kappa shape index (κ3) is 11.3. The van der Waals surface area contributed by atoms with Gasteiger partial charge in [0.05, 0.1) is 18.4 Å². The Labute approximate surface area is 244 Å². The first-order chi connectivity index (χ1) is 20.4. The van der Waals surface area contributed by atoms with Gasteiger partial charge in [-0.15, -0.1) is 0 Å². The van der Waals surface area contributed by atoms with Crippen LogP contribution in [-0.2, 0) is 20.9 Å². The average molecular weight is 603 g/mol. The van der Waals surface area contributed by atoms with Gasteiger partial charge < -0.3 is 42.1 Å². The molecular weight excluding hydrogens is 568 g/mol. The Hall–Kier alpha value is -5.16. The van der Waals surface area contributed by atoms with Crippen LogP contribution in [0.1, 0.15) is 48.7 Å². The molecular formula is C26H34N8O9. The Morgan fingerprint density at radius 3 is 2.26 bits per heavy atom. The molecule has 10 N–H and O–H groups in total. The average Bonchev–Trinajstić information content (AvgIpc) is 2.96. The number of amides is 1. The molecule has 0 saturated heterocycles. The fourth-order valence-corrected chi connectivity index (χ4v) is 3.52. The number of H-pyrrole nitrogens is 1. The van der Waals surface area contributed by atoms with Gasteiger partial charge in [0.25, 0.3) is 11.5 Å². The highest BCUT2D eigenvalue weighted by Gasteiger charge is 2.21. The highest BCUT2D eigenvalue weighted by molar-refractivity contribution is 5.97. The van der Waals surface area contributed by atoms with E-state index in [2.05, 4.69) is 35.9 Å². The van der Waals surface area contributed by atoms with E-state index >= 15 is 0 Å².